The van der Waals surface area contributed by atoms with Gasteiger partial charge in [-0.05, 0) is 62.1 Å². The molecule has 3 heterocycles. The van der Waals surface area contributed by atoms with Crippen LogP contribution in [0.25, 0.3) is 0 Å². The van der Waals surface area contributed by atoms with Crippen LogP contribution in [0.4, 0.5) is 17.3 Å². The van der Waals surface area contributed by atoms with Crippen molar-refractivity contribution in [2.75, 3.05) is 11.1 Å². The van der Waals surface area contributed by atoms with Gasteiger partial charge in [-0.15, -0.1) is 0 Å². The van der Waals surface area contributed by atoms with Crippen LogP contribution in [0, 0.1) is 18.8 Å². The van der Waals surface area contributed by atoms with E-state index >= 15 is 0 Å². The molecule has 0 aromatic carbocycles. The lowest BCUT2D eigenvalue weighted by Gasteiger charge is -2.35. The minimum absolute atomic E-state index is 0.200. The van der Waals surface area contributed by atoms with E-state index in [0.717, 1.165) is 18.4 Å². The molecule has 5 rings (SSSR count). The number of hydrogen-bond donors (Lipinski definition) is 3. The number of amides is 1. The second-order valence-electron chi connectivity index (χ2n) is 8.00. The summed E-state index contributed by atoms with van der Waals surface area (Å²) in [5.74, 6) is 1.73. The maximum atomic E-state index is 13.4. The van der Waals surface area contributed by atoms with Crippen molar-refractivity contribution in [1.29, 1.82) is 0 Å². The first-order valence-corrected chi connectivity index (χ1v) is 9.59. The molecule has 144 valence electrons. The highest BCUT2D eigenvalue weighted by molar-refractivity contribution is 5.97. The average molecular weight is 378 g/mol. The molecule has 2 aromatic rings. The molecule has 8 heteroatoms. The minimum atomic E-state index is -0.790. The molecule has 1 saturated carbocycles. The molecular formula is C20H22N6O2. The van der Waals surface area contributed by atoms with Gasteiger partial charge < -0.3 is 16.4 Å². The number of nitrogens with two attached hydrogens (primary N) is 1. The number of anilines is 3. The third kappa shape index (κ3) is 2.59. The number of carbonyl (C=O) groups excluding carboxylic acids is 1. The summed E-state index contributed by atoms with van der Waals surface area (Å²) in [6, 6.07) is 3.26. The van der Waals surface area contributed by atoms with E-state index in [1.165, 1.54) is 19.2 Å². The Hall–Kier alpha value is -3.16. The lowest BCUT2D eigenvalue weighted by molar-refractivity contribution is 0.0920. The van der Waals surface area contributed by atoms with Gasteiger partial charge in [0, 0.05) is 6.07 Å². The van der Waals surface area contributed by atoms with Gasteiger partial charge in [-0.3, -0.25) is 14.2 Å². The van der Waals surface area contributed by atoms with Crippen LogP contribution in [-0.4, -0.2) is 20.4 Å². The van der Waals surface area contributed by atoms with E-state index in [1.807, 2.05) is 13.0 Å². The van der Waals surface area contributed by atoms with E-state index in [9.17, 15) is 9.59 Å². The van der Waals surface area contributed by atoms with Gasteiger partial charge in [0.25, 0.3) is 11.5 Å². The zero-order valence-electron chi connectivity index (χ0n) is 15.6. The number of rotatable bonds is 3. The van der Waals surface area contributed by atoms with Crippen molar-refractivity contribution in [1.82, 2.24) is 19.9 Å². The summed E-state index contributed by atoms with van der Waals surface area (Å²) in [7, 11) is 0. The van der Waals surface area contributed by atoms with E-state index in [-0.39, 0.29) is 11.5 Å². The molecule has 2 unspecified atom stereocenters. The summed E-state index contributed by atoms with van der Waals surface area (Å²) in [5, 5.41) is 6.13. The van der Waals surface area contributed by atoms with E-state index in [1.54, 1.807) is 16.7 Å². The number of fused-ring (bicyclic) bond motifs is 2. The molecule has 2 aromatic heterocycles. The zero-order valence-corrected chi connectivity index (χ0v) is 15.6. The summed E-state index contributed by atoms with van der Waals surface area (Å²) in [4.78, 5) is 34.2. The summed E-state index contributed by atoms with van der Waals surface area (Å²) in [5.41, 5.74) is 6.19. The molecule has 1 aliphatic heterocycles. The number of pyridine rings is 1. The lowest BCUT2D eigenvalue weighted by Crippen LogP contribution is -2.48. The molecule has 1 spiro atoms. The quantitative estimate of drug-likeness (QED) is 0.704. The minimum Gasteiger partial charge on any atom is -0.384 e. The molecule has 0 saturated heterocycles. The van der Waals surface area contributed by atoms with Crippen molar-refractivity contribution in [2.45, 2.75) is 38.3 Å². The van der Waals surface area contributed by atoms with Crippen LogP contribution in [0.3, 0.4) is 0 Å². The maximum Gasteiger partial charge on any atom is 0.277 e. The number of aromatic nitrogens is 3. The van der Waals surface area contributed by atoms with Gasteiger partial charge in [-0.2, -0.15) is 0 Å². The highest BCUT2D eigenvalue weighted by atomic mass is 16.2. The Kier molecular flexibility index (Phi) is 3.59. The van der Waals surface area contributed by atoms with Crippen molar-refractivity contribution >= 4 is 23.2 Å². The largest absolute Gasteiger partial charge is 0.384 e. The Morgan fingerprint density at radius 3 is 2.82 bits per heavy atom. The fourth-order valence-electron chi connectivity index (χ4n) is 4.56. The number of carbonyl (C=O) groups is 1. The van der Waals surface area contributed by atoms with E-state index in [4.69, 9.17) is 5.73 Å². The summed E-state index contributed by atoms with van der Waals surface area (Å²) in [6.45, 7) is 1.84. The highest BCUT2D eigenvalue weighted by Gasteiger charge is 2.48. The molecule has 1 amide bonds. The lowest BCUT2D eigenvalue weighted by atomic mass is 9.83. The predicted molar refractivity (Wildman–Crippen MR) is 105 cm³/mol. The van der Waals surface area contributed by atoms with Crippen molar-refractivity contribution in [3.63, 3.8) is 0 Å². The van der Waals surface area contributed by atoms with Crippen molar-refractivity contribution < 1.29 is 4.79 Å². The number of hydrogen-bond acceptors (Lipinski definition) is 6. The monoisotopic (exact) mass is 378 g/mol. The fraction of sp³-hybridized carbons (Fsp3) is 0.400. The molecule has 28 heavy (non-hydrogen) atoms. The molecule has 2 atom stereocenters. The van der Waals surface area contributed by atoms with Crippen molar-refractivity contribution in [2.24, 2.45) is 11.8 Å². The topological polar surface area (TPSA) is 115 Å². The Morgan fingerprint density at radius 1 is 1.25 bits per heavy atom. The van der Waals surface area contributed by atoms with Crippen LogP contribution in [0.1, 0.15) is 41.7 Å². The van der Waals surface area contributed by atoms with Gasteiger partial charge in [-0.25, -0.2) is 9.97 Å². The summed E-state index contributed by atoms with van der Waals surface area (Å²) < 4.78 is 1.63. The molecule has 8 nitrogen and oxygen atoms in total. The van der Waals surface area contributed by atoms with Crippen LogP contribution < -0.4 is 21.9 Å². The smallest absolute Gasteiger partial charge is 0.277 e. The van der Waals surface area contributed by atoms with Crippen LogP contribution in [0.2, 0.25) is 0 Å². The number of allylic oxidation sites excluding steroid dienone is 1. The Bertz CT molecular complexity index is 1070. The normalized spacial score (nSPS) is 25.6. The highest BCUT2D eigenvalue weighted by Crippen LogP contribution is 2.47. The standard InChI is InChI=1S/C20H22N6O2/c1-11-7-14(24-16-8-15(21)22-10-23-16)19(28)26-17(11)18(27)25-20(26)6-2-3-13(9-20)12-4-5-12/h2,6-8,10,12-13H,3-5,9H2,1H3,(H,25,27)(H3,21,22,23,24). The molecule has 3 aliphatic rings. The van der Waals surface area contributed by atoms with Crippen LogP contribution in [0.15, 0.2) is 35.4 Å². The third-order valence-electron chi connectivity index (χ3n) is 5.98. The molecule has 1 fully saturated rings. The van der Waals surface area contributed by atoms with E-state index in [0.29, 0.717) is 34.9 Å². The average Bonchev–Trinajstić information content (AvgIpc) is 3.45. The number of nitrogen functional groups attached to an aromatic ring is 1. The summed E-state index contributed by atoms with van der Waals surface area (Å²) in [6.07, 6.45) is 9.65. The second-order valence-corrected chi connectivity index (χ2v) is 8.00. The Morgan fingerprint density at radius 2 is 2.07 bits per heavy atom. The first-order valence-electron chi connectivity index (χ1n) is 9.59. The van der Waals surface area contributed by atoms with Crippen molar-refractivity contribution in [3.8, 4) is 0 Å². The number of aryl methyl sites for hydroxylation is 1. The van der Waals surface area contributed by atoms with Crippen molar-refractivity contribution in [3.05, 3.63) is 52.2 Å². The van der Waals surface area contributed by atoms with Gasteiger partial charge in [0.2, 0.25) is 0 Å². The van der Waals surface area contributed by atoms with Crippen LogP contribution >= 0.6 is 0 Å². The molecule has 2 aliphatic carbocycles. The maximum absolute atomic E-state index is 13.4. The van der Waals surface area contributed by atoms with E-state index in [2.05, 4.69) is 26.7 Å². The molecule has 0 bridgehead atoms. The van der Waals surface area contributed by atoms with Gasteiger partial charge in [0.05, 0.1) is 0 Å². The third-order valence-corrected chi connectivity index (χ3v) is 5.98. The predicted octanol–water partition coefficient (Wildman–Crippen LogP) is 2.04. The van der Waals surface area contributed by atoms with Crippen LogP contribution in [0.5, 0.6) is 0 Å². The SMILES string of the molecule is Cc1cc(Nc2cc(N)ncn2)c(=O)n2c1C(=O)NC21C=CCC(C2CC2)C1. The number of nitrogens with one attached hydrogen (secondary N) is 2. The Labute approximate surface area is 161 Å². The van der Waals surface area contributed by atoms with Gasteiger partial charge in [-0.1, -0.05) is 6.08 Å². The van der Waals surface area contributed by atoms with Gasteiger partial charge in [0.1, 0.15) is 35.0 Å². The first kappa shape index (κ1) is 17.0. The molecule has 0 radical (unpaired) electrons. The Balaban J connectivity index is 1.62. The van der Waals surface area contributed by atoms with Crippen LogP contribution in [-0.2, 0) is 5.66 Å². The first-order chi connectivity index (χ1) is 13.5. The van der Waals surface area contributed by atoms with Gasteiger partial charge >= 0.3 is 0 Å². The fourth-order valence-corrected chi connectivity index (χ4v) is 4.56. The summed E-state index contributed by atoms with van der Waals surface area (Å²) >= 11 is 0. The number of nitrogens with zero attached hydrogens (tertiary/aromatic N) is 3. The molecular weight excluding hydrogens is 356 g/mol. The zero-order chi connectivity index (χ0) is 19.5. The molecule has 4 N–H and O–H groups in total. The second kappa shape index (κ2) is 5.92. The van der Waals surface area contributed by atoms with E-state index < -0.39 is 5.66 Å². The van der Waals surface area contributed by atoms with Gasteiger partial charge in [0.15, 0.2) is 0 Å².